The summed E-state index contributed by atoms with van der Waals surface area (Å²) < 4.78 is 0. The number of unbranched alkanes of at least 4 members (excludes halogenated alkanes) is 28. The molecule has 0 aliphatic carbocycles. The zero-order valence-electron chi connectivity index (χ0n) is 36.7. The molecule has 4 heteroatoms. The van der Waals surface area contributed by atoms with Crippen LogP contribution in [-0.4, -0.2) is 34.9 Å². The summed E-state index contributed by atoms with van der Waals surface area (Å²) in [5.74, 6) is -0.0868. The largest absolute Gasteiger partial charge is 0.394 e. The van der Waals surface area contributed by atoms with E-state index in [1.165, 1.54) is 161 Å². The van der Waals surface area contributed by atoms with Gasteiger partial charge in [-0.3, -0.25) is 4.79 Å². The number of carbonyl (C=O) groups excluding carboxylic acids is 1. The summed E-state index contributed by atoms with van der Waals surface area (Å²) in [5, 5.41) is 23.0. The average molecular weight is 768 g/mol. The second kappa shape index (κ2) is 46.5. The Morgan fingerprint density at radius 1 is 0.436 bits per heavy atom. The maximum Gasteiger partial charge on any atom is 0.220 e. The van der Waals surface area contributed by atoms with Gasteiger partial charge in [0.15, 0.2) is 0 Å². The first-order valence-corrected chi connectivity index (χ1v) is 24.0. The first-order chi connectivity index (χ1) is 27.2. The molecule has 55 heavy (non-hydrogen) atoms. The van der Waals surface area contributed by atoms with Crippen molar-refractivity contribution in [2.24, 2.45) is 0 Å². The standard InChI is InChI=1S/C51H93NO3/c1-3-5-7-9-11-13-15-17-19-21-23-24-25-26-27-29-30-32-34-36-38-40-42-44-46-50(54)49(48-53)52-51(55)47-45-43-41-39-37-35-33-31-28-22-20-18-16-14-12-10-8-6-4-2/h12,14,18,20,28,31,36,38,44,46,49-50,53-54H,3-11,13,15-17,19,21-27,29-30,32-35,37,39-43,45,47-48H2,1-2H3,(H,52,55)/b14-12-,20-18-,31-28-,38-36+,46-44+. The Morgan fingerprint density at radius 3 is 1.22 bits per heavy atom. The molecule has 2 unspecified atom stereocenters. The normalized spacial score (nSPS) is 13.5. The van der Waals surface area contributed by atoms with Crippen LogP contribution in [-0.2, 0) is 4.79 Å². The third-order valence-corrected chi connectivity index (χ3v) is 10.7. The van der Waals surface area contributed by atoms with Gasteiger partial charge in [0.05, 0.1) is 18.8 Å². The number of hydrogen-bond donors (Lipinski definition) is 3. The van der Waals surface area contributed by atoms with Crippen molar-refractivity contribution in [3.05, 3.63) is 60.8 Å². The highest BCUT2D eigenvalue weighted by atomic mass is 16.3. The minimum atomic E-state index is -0.870. The van der Waals surface area contributed by atoms with E-state index in [-0.39, 0.29) is 12.5 Å². The molecular weight excluding hydrogens is 675 g/mol. The molecule has 2 atom stereocenters. The minimum Gasteiger partial charge on any atom is -0.394 e. The fraction of sp³-hybridized carbons (Fsp3) is 0.784. The van der Waals surface area contributed by atoms with Crippen LogP contribution in [0, 0.1) is 0 Å². The van der Waals surface area contributed by atoms with Gasteiger partial charge in [-0.15, -0.1) is 0 Å². The molecule has 0 radical (unpaired) electrons. The van der Waals surface area contributed by atoms with Gasteiger partial charge >= 0.3 is 0 Å². The van der Waals surface area contributed by atoms with E-state index in [9.17, 15) is 15.0 Å². The molecule has 0 heterocycles. The summed E-state index contributed by atoms with van der Waals surface area (Å²) in [6.45, 7) is 4.27. The quantitative estimate of drug-likeness (QED) is 0.0427. The van der Waals surface area contributed by atoms with Crippen LogP contribution in [0.4, 0.5) is 0 Å². The van der Waals surface area contributed by atoms with Crippen molar-refractivity contribution in [3.8, 4) is 0 Å². The van der Waals surface area contributed by atoms with Crippen molar-refractivity contribution in [1.29, 1.82) is 0 Å². The van der Waals surface area contributed by atoms with Crippen LogP contribution >= 0.6 is 0 Å². The molecule has 0 aliphatic heterocycles. The van der Waals surface area contributed by atoms with E-state index >= 15 is 0 Å². The molecule has 0 fully saturated rings. The van der Waals surface area contributed by atoms with Gasteiger partial charge in [-0.05, 0) is 70.6 Å². The van der Waals surface area contributed by atoms with E-state index in [0.29, 0.717) is 6.42 Å². The van der Waals surface area contributed by atoms with Gasteiger partial charge in [0, 0.05) is 6.42 Å². The number of hydrogen-bond acceptors (Lipinski definition) is 3. The Labute approximate surface area is 343 Å². The number of rotatable bonds is 43. The van der Waals surface area contributed by atoms with Gasteiger partial charge in [0.2, 0.25) is 5.91 Å². The Morgan fingerprint density at radius 2 is 0.764 bits per heavy atom. The zero-order chi connectivity index (χ0) is 40.0. The third-order valence-electron chi connectivity index (χ3n) is 10.7. The lowest BCUT2D eigenvalue weighted by Crippen LogP contribution is -2.45. The smallest absolute Gasteiger partial charge is 0.220 e. The number of amides is 1. The molecule has 0 spiro atoms. The fourth-order valence-electron chi connectivity index (χ4n) is 7.02. The molecule has 0 bridgehead atoms. The van der Waals surface area contributed by atoms with E-state index in [0.717, 1.165) is 57.8 Å². The van der Waals surface area contributed by atoms with Crippen LogP contribution in [0.1, 0.15) is 239 Å². The van der Waals surface area contributed by atoms with Crippen LogP contribution in [0.25, 0.3) is 0 Å². The van der Waals surface area contributed by atoms with Gasteiger partial charge in [-0.1, -0.05) is 222 Å². The van der Waals surface area contributed by atoms with Crippen molar-refractivity contribution in [2.75, 3.05) is 6.61 Å². The molecule has 0 saturated carbocycles. The molecule has 1 amide bonds. The van der Waals surface area contributed by atoms with Crippen LogP contribution in [0.3, 0.4) is 0 Å². The van der Waals surface area contributed by atoms with Gasteiger partial charge in [-0.2, -0.15) is 0 Å². The van der Waals surface area contributed by atoms with Gasteiger partial charge in [0.25, 0.3) is 0 Å². The van der Waals surface area contributed by atoms with Crippen LogP contribution < -0.4 is 5.32 Å². The maximum absolute atomic E-state index is 12.4. The van der Waals surface area contributed by atoms with E-state index in [1.807, 2.05) is 6.08 Å². The first-order valence-electron chi connectivity index (χ1n) is 24.0. The van der Waals surface area contributed by atoms with E-state index < -0.39 is 12.1 Å². The number of allylic oxidation sites excluding steroid dienone is 9. The number of aliphatic hydroxyl groups is 2. The summed E-state index contributed by atoms with van der Waals surface area (Å²) >= 11 is 0. The molecule has 0 saturated heterocycles. The lowest BCUT2D eigenvalue weighted by molar-refractivity contribution is -0.123. The number of nitrogens with one attached hydrogen (secondary N) is 1. The Hall–Kier alpha value is -1.91. The summed E-state index contributed by atoms with van der Waals surface area (Å²) in [6, 6.07) is -0.649. The lowest BCUT2D eigenvalue weighted by atomic mass is 10.0. The van der Waals surface area contributed by atoms with Crippen molar-refractivity contribution >= 4 is 5.91 Å². The Kier molecular flexibility index (Phi) is 44.9. The van der Waals surface area contributed by atoms with E-state index in [2.05, 4.69) is 67.8 Å². The highest BCUT2D eigenvalue weighted by Gasteiger charge is 2.17. The SMILES string of the molecule is CCCCC/C=C\C/C=C\C/C=C\CCCCCCCCC(=O)NC(CO)C(O)/C=C/CC/C=C/CCCCCCCCCCCCCCCCCCCC. The summed E-state index contributed by atoms with van der Waals surface area (Å²) in [4.78, 5) is 12.4. The summed E-state index contributed by atoms with van der Waals surface area (Å²) in [7, 11) is 0. The predicted molar refractivity (Wildman–Crippen MR) is 244 cm³/mol. The van der Waals surface area contributed by atoms with Gasteiger partial charge in [-0.25, -0.2) is 0 Å². The molecule has 3 N–H and O–H groups in total. The third kappa shape index (κ3) is 43.1. The molecule has 0 rings (SSSR count). The van der Waals surface area contributed by atoms with Crippen LogP contribution in [0.5, 0.6) is 0 Å². The Bertz CT molecular complexity index is 919. The van der Waals surface area contributed by atoms with Crippen LogP contribution in [0.15, 0.2) is 60.8 Å². The second-order valence-electron chi connectivity index (χ2n) is 16.2. The topological polar surface area (TPSA) is 69.6 Å². The van der Waals surface area contributed by atoms with Crippen molar-refractivity contribution in [1.82, 2.24) is 5.32 Å². The monoisotopic (exact) mass is 768 g/mol. The van der Waals surface area contributed by atoms with Crippen molar-refractivity contribution in [3.63, 3.8) is 0 Å². The molecule has 4 nitrogen and oxygen atoms in total. The highest BCUT2D eigenvalue weighted by molar-refractivity contribution is 5.76. The van der Waals surface area contributed by atoms with Crippen molar-refractivity contribution in [2.45, 2.75) is 251 Å². The number of carbonyl (C=O) groups is 1. The molecule has 0 aromatic rings. The fourth-order valence-corrected chi connectivity index (χ4v) is 7.02. The van der Waals surface area contributed by atoms with Gasteiger partial charge in [0.1, 0.15) is 0 Å². The molecular formula is C51H93NO3. The summed E-state index contributed by atoms with van der Waals surface area (Å²) in [6.07, 6.45) is 64.9. The highest BCUT2D eigenvalue weighted by Crippen LogP contribution is 2.15. The lowest BCUT2D eigenvalue weighted by Gasteiger charge is -2.19. The molecule has 320 valence electrons. The summed E-state index contributed by atoms with van der Waals surface area (Å²) in [5.41, 5.74) is 0. The Balaban J connectivity index is 3.62. The molecule has 0 aliphatic rings. The van der Waals surface area contributed by atoms with Crippen molar-refractivity contribution < 1.29 is 15.0 Å². The average Bonchev–Trinajstić information content (AvgIpc) is 3.19. The van der Waals surface area contributed by atoms with Crippen LogP contribution in [0.2, 0.25) is 0 Å². The predicted octanol–water partition coefficient (Wildman–Crippen LogP) is 15.3. The molecule has 0 aromatic carbocycles. The first kappa shape index (κ1) is 53.1. The minimum absolute atomic E-state index is 0.0868. The van der Waals surface area contributed by atoms with Gasteiger partial charge < -0.3 is 15.5 Å². The zero-order valence-corrected chi connectivity index (χ0v) is 36.7. The number of aliphatic hydroxyl groups excluding tert-OH is 2. The van der Waals surface area contributed by atoms with E-state index in [1.54, 1.807) is 6.08 Å². The molecule has 0 aromatic heterocycles. The second-order valence-corrected chi connectivity index (χ2v) is 16.2. The maximum atomic E-state index is 12.4. The van der Waals surface area contributed by atoms with E-state index in [4.69, 9.17) is 0 Å².